The monoisotopic (exact) mass is 816 g/mol. The van der Waals surface area contributed by atoms with Crippen LogP contribution >= 0.6 is 0 Å². The molecule has 3 heteroatoms. The summed E-state index contributed by atoms with van der Waals surface area (Å²) in [4.78, 5) is 4.80. The highest BCUT2D eigenvalue weighted by Crippen LogP contribution is 2.65. The van der Waals surface area contributed by atoms with Gasteiger partial charge in [0.2, 0.25) is 0 Å². The topological polar surface area (TPSA) is 19.6 Å². The fraction of sp³-hybridized carbons (Fsp3) is 0.0164. The van der Waals surface area contributed by atoms with Gasteiger partial charge in [-0.25, -0.2) is 0 Å². The molecule has 2 aliphatic rings. The number of benzene rings is 10. The van der Waals surface area contributed by atoms with Crippen molar-refractivity contribution >= 4 is 55.9 Å². The highest BCUT2D eigenvalue weighted by molar-refractivity contribution is 6.06. The Morgan fingerprint density at radius 2 is 0.844 bits per heavy atom. The minimum Gasteiger partial charge on any atom is -0.459 e. The summed E-state index contributed by atoms with van der Waals surface area (Å²) in [7, 11) is 0. The van der Waals surface area contributed by atoms with E-state index >= 15 is 0 Å². The molecule has 1 heterocycles. The van der Waals surface area contributed by atoms with Crippen molar-refractivity contribution in [2.24, 2.45) is 0 Å². The summed E-state index contributed by atoms with van der Waals surface area (Å²) >= 11 is 0. The zero-order valence-electron chi connectivity index (χ0n) is 34.9. The van der Waals surface area contributed by atoms with Crippen LogP contribution in [-0.2, 0) is 5.41 Å². The molecule has 13 rings (SSSR count). The Kier molecular flexibility index (Phi) is 8.13. The lowest BCUT2D eigenvalue weighted by molar-refractivity contribution is 0.507. The van der Waals surface area contributed by atoms with Crippen LogP contribution in [0.2, 0.25) is 0 Å². The van der Waals surface area contributed by atoms with E-state index in [1.54, 1.807) is 0 Å². The van der Waals surface area contributed by atoms with Crippen LogP contribution in [-0.4, -0.2) is 0 Å². The van der Waals surface area contributed by atoms with Crippen molar-refractivity contribution < 1.29 is 4.42 Å². The van der Waals surface area contributed by atoms with Crippen LogP contribution < -0.4 is 9.80 Å². The van der Waals surface area contributed by atoms with E-state index in [-0.39, 0.29) is 0 Å². The molecule has 0 saturated heterocycles. The molecule has 300 valence electrons. The van der Waals surface area contributed by atoms with Crippen molar-refractivity contribution in [1.82, 2.24) is 0 Å². The number of para-hydroxylation sites is 3. The van der Waals surface area contributed by atoms with E-state index in [0.717, 1.165) is 56.4 Å². The van der Waals surface area contributed by atoms with Gasteiger partial charge >= 0.3 is 0 Å². The zero-order valence-corrected chi connectivity index (χ0v) is 34.9. The maximum Gasteiger partial charge on any atom is 0.135 e. The van der Waals surface area contributed by atoms with Crippen molar-refractivity contribution in [2.75, 3.05) is 9.80 Å². The van der Waals surface area contributed by atoms with Gasteiger partial charge in [-0.1, -0.05) is 170 Å². The fourth-order valence-corrected chi connectivity index (χ4v) is 10.7. The van der Waals surface area contributed by atoms with Gasteiger partial charge in [-0.3, -0.25) is 0 Å². The molecule has 64 heavy (non-hydrogen) atoms. The van der Waals surface area contributed by atoms with Crippen molar-refractivity contribution in [3.05, 3.63) is 265 Å². The molecule has 0 radical (unpaired) electrons. The predicted molar refractivity (Wildman–Crippen MR) is 265 cm³/mol. The normalized spacial score (nSPS) is 14.3. The molecule has 0 bridgehead atoms. The SMILES string of the molecule is c1ccc(-c2ccc(N(c3ccccc3)c3ccc4c(c3)C3(c5ccccc5-c5ccc(N(c6ccccc6)c6cccc7ccccc67)cc53)c3oc5ccccc5c3-4)cc2)cc1. The Hall–Kier alpha value is -8.40. The lowest BCUT2D eigenvalue weighted by Gasteiger charge is -2.32. The summed E-state index contributed by atoms with van der Waals surface area (Å²) < 4.78 is 7.27. The summed E-state index contributed by atoms with van der Waals surface area (Å²) in [5.74, 6) is 0.971. The molecular weight excluding hydrogens is 777 g/mol. The average Bonchev–Trinajstić information content (AvgIpc) is 3.99. The minimum absolute atomic E-state index is 0.748. The van der Waals surface area contributed by atoms with Gasteiger partial charge in [0.05, 0.1) is 5.69 Å². The maximum atomic E-state index is 7.27. The van der Waals surface area contributed by atoms with E-state index in [4.69, 9.17) is 4.42 Å². The van der Waals surface area contributed by atoms with Gasteiger partial charge in [-0.05, 0) is 123 Å². The smallest absolute Gasteiger partial charge is 0.135 e. The third-order valence-corrected chi connectivity index (χ3v) is 13.4. The minimum atomic E-state index is -0.748. The molecule has 1 unspecified atom stereocenters. The first kappa shape index (κ1) is 36.3. The number of fused-ring (bicyclic) bond motifs is 13. The Labute approximate surface area is 372 Å². The Bertz CT molecular complexity index is 3550. The quantitative estimate of drug-likeness (QED) is 0.160. The van der Waals surface area contributed by atoms with Gasteiger partial charge in [0, 0.05) is 44.8 Å². The molecule has 1 atom stereocenters. The lowest BCUT2D eigenvalue weighted by Crippen LogP contribution is -2.26. The van der Waals surface area contributed by atoms with Crippen LogP contribution in [0.15, 0.2) is 247 Å². The number of hydrogen-bond donors (Lipinski definition) is 0. The molecule has 3 nitrogen and oxygen atoms in total. The second kappa shape index (κ2) is 14.3. The van der Waals surface area contributed by atoms with E-state index in [2.05, 4.69) is 252 Å². The molecule has 0 fully saturated rings. The number of anilines is 6. The Morgan fingerprint density at radius 1 is 0.328 bits per heavy atom. The van der Waals surface area contributed by atoms with Crippen LogP contribution in [0, 0.1) is 0 Å². The molecular formula is C61H40N2O. The second-order valence-electron chi connectivity index (χ2n) is 16.8. The van der Waals surface area contributed by atoms with Gasteiger partial charge in [-0.15, -0.1) is 0 Å². The summed E-state index contributed by atoms with van der Waals surface area (Å²) in [6.45, 7) is 0. The van der Waals surface area contributed by atoms with E-state index in [1.165, 1.54) is 55.3 Å². The van der Waals surface area contributed by atoms with E-state index in [1.807, 2.05) is 0 Å². The van der Waals surface area contributed by atoms with Crippen LogP contribution in [0.3, 0.4) is 0 Å². The van der Waals surface area contributed by atoms with Gasteiger partial charge < -0.3 is 14.2 Å². The molecule has 11 aromatic rings. The molecule has 0 amide bonds. The first-order chi connectivity index (χ1) is 31.8. The third-order valence-electron chi connectivity index (χ3n) is 13.4. The average molecular weight is 817 g/mol. The molecule has 1 aromatic heterocycles. The number of rotatable bonds is 7. The van der Waals surface area contributed by atoms with Crippen LogP contribution in [0.25, 0.3) is 55.1 Å². The van der Waals surface area contributed by atoms with Crippen LogP contribution in [0.4, 0.5) is 34.1 Å². The fourth-order valence-electron chi connectivity index (χ4n) is 10.7. The predicted octanol–water partition coefficient (Wildman–Crippen LogP) is 16.5. The van der Waals surface area contributed by atoms with Crippen molar-refractivity contribution in [1.29, 1.82) is 0 Å². The first-order valence-electron chi connectivity index (χ1n) is 22.0. The Morgan fingerprint density at radius 3 is 1.61 bits per heavy atom. The van der Waals surface area contributed by atoms with Crippen molar-refractivity contribution in [3.8, 4) is 33.4 Å². The van der Waals surface area contributed by atoms with Crippen molar-refractivity contribution in [3.63, 3.8) is 0 Å². The molecule has 0 aliphatic heterocycles. The third kappa shape index (κ3) is 5.34. The highest BCUT2D eigenvalue weighted by Gasteiger charge is 2.55. The van der Waals surface area contributed by atoms with Crippen LogP contribution in [0.1, 0.15) is 22.5 Å². The summed E-state index contributed by atoms with van der Waals surface area (Å²) in [6, 6.07) is 88.0. The lowest BCUT2D eigenvalue weighted by atomic mass is 9.73. The number of furan rings is 1. The first-order valence-corrected chi connectivity index (χ1v) is 22.0. The summed E-state index contributed by atoms with van der Waals surface area (Å²) in [5, 5.41) is 3.52. The van der Waals surface area contributed by atoms with Gasteiger partial charge in [-0.2, -0.15) is 0 Å². The summed E-state index contributed by atoms with van der Waals surface area (Å²) in [6.07, 6.45) is 0. The second-order valence-corrected chi connectivity index (χ2v) is 16.8. The van der Waals surface area contributed by atoms with E-state index in [9.17, 15) is 0 Å². The van der Waals surface area contributed by atoms with E-state index in [0.29, 0.717) is 0 Å². The van der Waals surface area contributed by atoms with Crippen molar-refractivity contribution in [2.45, 2.75) is 5.41 Å². The van der Waals surface area contributed by atoms with Gasteiger partial charge in [0.25, 0.3) is 0 Å². The highest BCUT2D eigenvalue weighted by atomic mass is 16.3. The summed E-state index contributed by atoms with van der Waals surface area (Å²) in [5.41, 5.74) is 17.5. The zero-order chi connectivity index (χ0) is 42.2. The standard InChI is InChI=1S/C61H40N2O/c1-4-17-41(18-5-1)42-31-33-46(34-32-42)62(44-21-6-2-7-22-44)47-36-38-52-56(39-47)61(60-59(52)53-27-13-15-30-58(53)64-60)54-28-14-12-26-50(54)51-37-35-48(40-55(51)61)63(45-23-8-3-9-24-45)57-29-16-20-43-19-10-11-25-49(43)57/h1-40H. The molecule has 1 spiro atoms. The van der Waals surface area contributed by atoms with Crippen LogP contribution in [0.5, 0.6) is 0 Å². The number of nitrogens with zero attached hydrogens (tertiary/aromatic N) is 2. The van der Waals surface area contributed by atoms with Gasteiger partial charge in [0.15, 0.2) is 0 Å². The Balaban J connectivity index is 1.08. The molecule has 2 aliphatic carbocycles. The maximum absolute atomic E-state index is 7.27. The largest absolute Gasteiger partial charge is 0.459 e. The van der Waals surface area contributed by atoms with E-state index < -0.39 is 5.41 Å². The number of hydrogen-bond acceptors (Lipinski definition) is 3. The van der Waals surface area contributed by atoms with Gasteiger partial charge in [0.1, 0.15) is 16.8 Å². The molecule has 0 N–H and O–H groups in total. The molecule has 10 aromatic carbocycles. The molecule has 0 saturated carbocycles.